The van der Waals surface area contributed by atoms with E-state index in [1.54, 1.807) is 11.0 Å². The van der Waals surface area contributed by atoms with E-state index in [0.717, 1.165) is 68.6 Å². The van der Waals surface area contributed by atoms with Crippen LogP contribution >= 0.6 is 0 Å². The maximum Gasteiger partial charge on any atom is 0.343 e. The number of amides is 1. The van der Waals surface area contributed by atoms with Gasteiger partial charge in [0.25, 0.3) is 0 Å². The maximum atomic E-state index is 13.4. The van der Waals surface area contributed by atoms with Gasteiger partial charge in [-0.15, -0.1) is 0 Å². The van der Waals surface area contributed by atoms with Gasteiger partial charge in [0.15, 0.2) is 0 Å². The van der Waals surface area contributed by atoms with Gasteiger partial charge in [-0.25, -0.2) is 14.5 Å². The van der Waals surface area contributed by atoms with Crippen LogP contribution in [0.2, 0.25) is 0 Å². The van der Waals surface area contributed by atoms with E-state index >= 15 is 0 Å². The molecule has 3 heterocycles. The molecule has 0 bridgehead atoms. The van der Waals surface area contributed by atoms with Crippen molar-refractivity contribution in [2.24, 2.45) is 0 Å². The number of carbonyl (C=O) groups excluding carboxylic acids is 1. The highest BCUT2D eigenvalue weighted by atomic mass is 16.4. The summed E-state index contributed by atoms with van der Waals surface area (Å²) in [7, 11) is 0. The van der Waals surface area contributed by atoms with Gasteiger partial charge in [-0.05, 0) is 65.6 Å². The molecule has 8 heteroatoms. The predicted octanol–water partition coefficient (Wildman–Crippen LogP) is 2.79. The first-order chi connectivity index (χ1) is 17.2. The summed E-state index contributed by atoms with van der Waals surface area (Å²) in [5.41, 5.74) is 4.29. The molecule has 0 spiro atoms. The van der Waals surface area contributed by atoms with Crippen molar-refractivity contribution >= 4 is 16.7 Å². The van der Waals surface area contributed by atoms with E-state index in [4.69, 9.17) is 4.42 Å². The highest BCUT2D eigenvalue weighted by Crippen LogP contribution is 2.35. The lowest BCUT2D eigenvalue weighted by molar-refractivity contribution is -0.134. The van der Waals surface area contributed by atoms with Crippen LogP contribution in [-0.4, -0.2) is 63.2 Å². The van der Waals surface area contributed by atoms with Gasteiger partial charge >= 0.3 is 5.63 Å². The molecule has 2 aliphatic rings. The van der Waals surface area contributed by atoms with Crippen LogP contribution in [-0.2, 0) is 17.6 Å². The molecule has 4 aromatic rings. The van der Waals surface area contributed by atoms with Crippen LogP contribution in [0, 0.1) is 0 Å². The van der Waals surface area contributed by atoms with Gasteiger partial charge in [-0.1, -0.05) is 18.2 Å². The molecule has 8 nitrogen and oxygen atoms in total. The van der Waals surface area contributed by atoms with Crippen molar-refractivity contribution in [2.75, 3.05) is 32.7 Å². The highest BCUT2D eigenvalue weighted by Gasteiger charge is 2.33. The molecular weight excluding hydrogens is 442 g/mol. The molecule has 1 fully saturated rings. The summed E-state index contributed by atoms with van der Waals surface area (Å²) in [6.45, 7) is 4.23. The summed E-state index contributed by atoms with van der Waals surface area (Å²) in [5, 5.41) is 5.74. The first kappa shape index (κ1) is 21.7. The van der Waals surface area contributed by atoms with E-state index in [-0.39, 0.29) is 17.5 Å². The number of fused-ring (bicyclic) bond motifs is 2. The second kappa shape index (κ2) is 9.11. The van der Waals surface area contributed by atoms with Crippen molar-refractivity contribution in [2.45, 2.75) is 25.2 Å². The summed E-state index contributed by atoms with van der Waals surface area (Å²) in [4.78, 5) is 33.6. The number of hydrogen-bond donors (Lipinski definition) is 0. The highest BCUT2D eigenvalue weighted by molar-refractivity contribution is 5.85. The Morgan fingerprint density at radius 2 is 1.94 bits per heavy atom. The molecule has 178 valence electrons. The van der Waals surface area contributed by atoms with Crippen molar-refractivity contribution in [1.29, 1.82) is 0 Å². The van der Waals surface area contributed by atoms with Gasteiger partial charge in [-0.3, -0.25) is 9.69 Å². The summed E-state index contributed by atoms with van der Waals surface area (Å²) < 4.78 is 6.69. The monoisotopic (exact) mass is 469 g/mol. The number of benzene rings is 2. The Kier molecular flexibility index (Phi) is 5.66. The summed E-state index contributed by atoms with van der Waals surface area (Å²) >= 11 is 0. The molecule has 6 rings (SSSR count). The van der Waals surface area contributed by atoms with Gasteiger partial charge in [-0.2, -0.15) is 5.10 Å². The number of carbonyl (C=O) groups is 1. The molecule has 0 N–H and O–H groups in total. The quantitative estimate of drug-likeness (QED) is 0.447. The lowest BCUT2D eigenvalue weighted by Crippen LogP contribution is -2.50. The molecule has 2 aromatic carbocycles. The molecule has 1 amide bonds. The minimum Gasteiger partial charge on any atom is -0.431 e. The van der Waals surface area contributed by atoms with Crippen molar-refractivity contribution in [3.8, 4) is 5.69 Å². The summed E-state index contributed by atoms with van der Waals surface area (Å²) in [6, 6.07) is 14.0. The van der Waals surface area contributed by atoms with Crippen LogP contribution in [0.3, 0.4) is 0 Å². The fourth-order valence-electron chi connectivity index (χ4n) is 5.37. The smallest absolute Gasteiger partial charge is 0.343 e. The molecule has 1 atom stereocenters. The van der Waals surface area contributed by atoms with E-state index in [0.29, 0.717) is 5.39 Å². The van der Waals surface area contributed by atoms with Crippen LogP contribution in [0.4, 0.5) is 0 Å². The Balaban J connectivity index is 1.05. The van der Waals surface area contributed by atoms with E-state index in [2.05, 4.69) is 33.2 Å². The zero-order valence-corrected chi connectivity index (χ0v) is 19.5. The van der Waals surface area contributed by atoms with Gasteiger partial charge in [0.2, 0.25) is 5.91 Å². The lowest BCUT2D eigenvalue weighted by atomic mass is 9.99. The Morgan fingerprint density at radius 3 is 2.77 bits per heavy atom. The second-order valence-corrected chi connectivity index (χ2v) is 9.36. The molecule has 0 radical (unpaired) electrons. The van der Waals surface area contributed by atoms with E-state index < -0.39 is 0 Å². The first-order valence-electron chi connectivity index (χ1n) is 12.2. The topological polar surface area (TPSA) is 84.5 Å². The van der Waals surface area contributed by atoms with Gasteiger partial charge in [0, 0.05) is 32.7 Å². The van der Waals surface area contributed by atoms with E-state index in [1.807, 2.05) is 29.2 Å². The van der Waals surface area contributed by atoms with E-state index in [1.165, 1.54) is 23.7 Å². The second-order valence-electron chi connectivity index (χ2n) is 9.36. The predicted molar refractivity (Wildman–Crippen MR) is 132 cm³/mol. The molecule has 2 aromatic heterocycles. The molecular formula is C27H27N5O3. The van der Waals surface area contributed by atoms with Gasteiger partial charge in [0.1, 0.15) is 12.7 Å². The Labute approximate surface area is 202 Å². The third kappa shape index (κ3) is 4.25. The Morgan fingerprint density at radius 1 is 1.06 bits per heavy atom. The zero-order valence-electron chi connectivity index (χ0n) is 19.5. The molecule has 1 saturated heterocycles. The molecule has 1 unspecified atom stereocenters. The number of nitrogens with zero attached hydrogens (tertiary/aromatic N) is 5. The minimum atomic E-state index is -0.296. The lowest BCUT2D eigenvalue weighted by Gasteiger charge is -2.36. The van der Waals surface area contributed by atoms with Crippen molar-refractivity contribution in [1.82, 2.24) is 24.6 Å². The van der Waals surface area contributed by atoms with Crippen molar-refractivity contribution < 1.29 is 9.21 Å². The number of rotatable bonds is 5. The first-order valence-corrected chi connectivity index (χ1v) is 12.2. The van der Waals surface area contributed by atoms with Crippen molar-refractivity contribution in [3.05, 3.63) is 88.5 Å². The third-order valence-electron chi connectivity index (χ3n) is 7.34. The van der Waals surface area contributed by atoms with Crippen LogP contribution in [0.25, 0.3) is 16.5 Å². The van der Waals surface area contributed by atoms with Crippen LogP contribution in [0.1, 0.15) is 29.0 Å². The minimum absolute atomic E-state index is 0.0448. The van der Waals surface area contributed by atoms with Crippen LogP contribution in [0.5, 0.6) is 0 Å². The summed E-state index contributed by atoms with van der Waals surface area (Å²) in [5.74, 6) is 0.210. The fourth-order valence-corrected chi connectivity index (χ4v) is 5.37. The molecule has 35 heavy (non-hydrogen) atoms. The van der Waals surface area contributed by atoms with Crippen LogP contribution in [0.15, 0.2) is 70.6 Å². The maximum absolute atomic E-state index is 13.4. The van der Waals surface area contributed by atoms with Gasteiger partial charge in [0.05, 0.1) is 23.3 Å². The van der Waals surface area contributed by atoms with Crippen molar-refractivity contribution in [3.63, 3.8) is 0 Å². The number of aryl methyl sites for hydroxylation is 1. The molecule has 0 saturated carbocycles. The number of hydrogen-bond acceptors (Lipinski definition) is 6. The normalized spacial score (nSPS) is 18.2. The standard InChI is InChI=1S/C27H27N5O3/c33-26(25-5-2-20-16-22(3-6-23(20)25)32-18-28-17-29-32)31-12-10-30(11-13-31)9-7-19-1-4-24-21(15-19)8-14-35-27(24)34/h1,3-4,6,8,14-18,25H,2,5,7,9-13H2. The zero-order chi connectivity index (χ0) is 23.8. The number of piperazine rings is 1. The van der Waals surface area contributed by atoms with Crippen LogP contribution < -0.4 is 5.63 Å². The number of aromatic nitrogens is 3. The fraction of sp³-hybridized carbons (Fsp3) is 0.333. The summed E-state index contributed by atoms with van der Waals surface area (Å²) in [6.07, 6.45) is 7.37. The van der Waals surface area contributed by atoms with Gasteiger partial charge < -0.3 is 9.32 Å². The van der Waals surface area contributed by atoms with E-state index in [9.17, 15) is 9.59 Å². The molecule has 1 aliphatic heterocycles. The molecule has 1 aliphatic carbocycles. The Hall–Kier alpha value is -3.78. The Bertz CT molecular complexity index is 1420. The largest absolute Gasteiger partial charge is 0.431 e. The SMILES string of the molecule is O=C(C1CCc2cc(-n3cncn3)ccc21)N1CCN(CCc2ccc3c(=O)occc3c2)CC1. The third-order valence-corrected chi connectivity index (χ3v) is 7.34. The average Bonchev–Trinajstić information content (AvgIpc) is 3.57. The average molecular weight is 470 g/mol.